The molecule has 1 saturated heterocycles. The van der Waals surface area contributed by atoms with E-state index in [2.05, 4.69) is 44.6 Å². The first-order valence-electron chi connectivity index (χ1n) is 11.4. The number of carbonyl (C=O) groups excluding carboxylic acids is 1. The standard InChI is InChI=1S/C23H26F2N8O/c1-12(2)16-10-20(32-31-16)29-21-15-8-13(24)9-17(15)28-23(30-21)33-7-3-4-18(33)22(34)27-14-5-6-19(25)26-11-14/h5-6,10-13,18H,3-4,7-9H2,1-2H3,(H,27,34)(H2,28,29,30,31,32)/t13-,18-/m1/s1. The predicted octanol–water partition coefficient (Wildman–Crippen LogP) is 3.65. The molecule has 0 unspecified atom stereocenters. The van der Waals surface area contributed by atoms with Gasteiger partial charge in [0.15, 0.2) is 5.82 Å². The normalized spacial score (nSPS) is 19.5. The molecule has 1 aliphatic carbocycles. The monoisotopic (exact) mass is 468 g/mol. The molecular weight excluding hydrogens is 442 g/mol. The highest BCUT2D eigenvalue weighted by atomic mass is 19.1. The van der Waals surface area contributed by atoms with Crippen LogP contribution in [0.1, 0.15) is 49.6 Å². The van der Waals surface area contributed by atoms with E-state index in [9.17, 15) is 13.6 Å². The van der Waals surface area contributed by atoms with Crippen LogP contribution in [0.15, 0.2) is 24.4 Å². The smallest absolute Gasteiger partial charge is 0.247 e. The van der Waals surface area contributed by atoms with E-state index in [-0.39, 0.29) is 24.7 Å². The summed E-state index contributed by atoms with van der Waals surface area (Å²) in [6.45, 7) is 4.72. The molecule has 0 bridgehead atoms. The fourth-order valence-electron chi connectivity index (χ4n) is 4.41. The van der Waals surface area contributed by atoms with Gasteiger partial charge in [-0.3, -0.25) is 9.89 Å². The van der Waals surface area contributed by atoms with Crippen molar-refractivity contribution in [1.82, 2.24) is 25.1 Å². The maximum Gasteiger partial charge on any atom is 0.247 e. The van der Waals surface area contributed by atoms with E-state index in [0.717, 1.165) is 17.7 Å². The van der Waals surface area contributed by atoms with Gasteiger partial charge < -0.3 is 15.5 Å². The molecule has 34 heavy (non-hydrogen) atoms. The second-order valence-electron chi connectivity index (χ2n) is 9.00. The van der Waals surface area contributed by atoms with Gasteiger partial charge in [-0.2, -0.15) is 14.5 Å². The van der Waals surface area contributed by atoms with Crippen molar-refractivity contribution in [1.29, 1.82) is 0 Å². The molecule has 4 heterocycles. The van der Waals surface area contributed by atoms with Crippen LogP contribution < -0.4 is 15.5 Å². The number of aromatic nitrogens is 5. The Morgan fingerprint density at radius 2 is 2.12 bits per heavy atom. The molecule has 0 spiro atoms. The van der Waals surface area contributed by atoms with Crippen LogP contribution in [0.5, 0.6) is 0 Å². The second-order valence-corrected chi connectivity index (χ2v) is 9.00. The van der Waals surface area contributed by atoms with Crippen molar-refractivity contribution in [2.24, 2.45) is 0 Å². The number of fused-ring (bicyclic) bond motifs is 1. The number of hydrogen-bond acceptors (Lipinski definition) is 7. The van der Waals surface area contributed by atoms with Crippen LogP contribution in [0.2, 0.25) is 0 Å². The van der Waals surface area contributed by atoms with Gasteiger partial charge in [-0.1, -0.05) is 13.8 Å². The molecule has 0 radical (unpaired) electrons. The highest BCUT2D eigenvalue weighted by Gasteiger charge is 2.35. The number of nitrogens with one attached hydrogen (secondary N) is 3. The highest BCUT2D eigenvalue weighted by Crippen LogP contribution is 2.34. The van der Waals surface area contributed by atoms with Crippen LogP contribution in [0.4, 0.5) is 32.1 Å². The minimum Gasteiger partial charge on any atom is -0.329 e. The lowest BCUT2D eigenvalue weighted by molar-refractivity contribution is -0.117. The van der Waals surface area contributed by atoms with Crippen molar-refractivity contribution in [2.45, 2.75) is 57.7 Å². The van der Waals surface area contributed by atoms with E-state index in [1.807, 2.05) is 11.0 Å². The molecule has 1 fully saturated rings. The molecule has 5 rings (SSSR count). The van der Waals surface area contributed by atoms with Crippen molar-refractivity contribution in [3.8, 4) is 0 Å². The highest BCUT2D eigenvalue weighted by molar-refractivity contribution is 5.96. The Hall–Kier alpha value is -3.63. The van der Waals surface area contributed by atoms with Gasteiger partial charge in [-0.25, -0.2) is 14.4 Å². The molecule has 3 aromatic rings. The Kier molecular flexibility index (Phi) is 5.84. The van der Waals surface area contributed by atoms with E-state index < -0.39 is 18.2 Å². The van der Waals surface area contributed by atoms with Gasteiger partial charge in [-0.05, 0) is 30.9 Å². The molecule has 2 atom stereocenters. The van der Waals surface area contributed by atoms with Gasteiger partial charge in [0.25, 0.3) is 0 Å². The zero-order chi connectivity index (χ0) is 23.8. The largest absolute Gasteiger partial charge is 0.329 e. The zero-order valence-electron chi connectivity index (χ0n) is 19.0. The van der Waals surface area contributed by atoms with Crippen LogP contribution in [-0.2, 0) is 17.6 Å². The Morgan fingerprint density at radius 3 is 2.85 bits per heavy atom. The molecule has 1 amide bonds. The summed E-state index contributed by atoms with van der Waals surface area (Å²) in [6, 6.07) is 4.06. The molecule has 3 N–H and O–H groups in total. The number of rotatable bonds is 6. The summed E-state index contributed by atoms with van der Waals surface area (Å²) in [4.78, 5) is 27.7. The van der Waals surface area contributed by atoms with Crippen molar-refractivity contribution >= 4 is 29.2 Å². The number of carbonyl (C=O) groups is 1. The van der Waals surface area contributed by atoms with Crippen LogP contribution in [-0.4, -0.2) is 49.8 Å². The first-order chi connectivity index (χ1) is 16.4. The predicted molar refractivity (Wildman–Crippen MR) is 123 cm³/mol. The number of nitrogens with zero attached hydrogens (tertiary/aromatic N) is 5. The third kappa shape index (κ3) is 4.42. The number of anilines is 4. The number of alkyl halides is 1. The number of aromatic amines is 1. The van der Waals surface area contributed by atoms with E-state index in [1.165, 1.54) is 18.3 Å². The van der Waals surface area contributed by atoms with E-state index in [0.29, 0.717) is 41.9 Å². The number of H-pyrrole nitrogens is 1. The Bertz CT molecular complexity index is 1200. The van der Waals surface area contributed by atoms with Crippen molar-refractivity contribution < 1.29 is 13.6 Å². The number of hydrogen-bond donors (Lipinski definition) is 3. The second kappa shape index (κ2) is 8.96. The third-order valence-electron chi connectivity index (χ3n) is 6.19. The summed E-state index contributed by atoms with van der Waals surface area (Å²) in [7, 11) is 0. The quantitative estimate of drug-likeness (QED) is 0.474. The van der Waals surface area contributed by atoms with E-state index in [4.69, 9.17) is 4.98 Å². The zero-order valence-corrected chi connectivity index (χ0v) is 19.0. The maximum atomic E-state index is 14.3. The minimum absolute atomic E-state index is 0.212. The molecule has 1 aliphatic heterocycles. The Balaban J connectivity index is 1.42. The summed E-state index contributed by atoms with van der Waals surface area (Å²) < 4.78 is 27.4. The van der Waals surface area contributed by atoms with Gasteiger partial charge >= 0.3 is 0 Å². The molecule has 178 valence electrons. The lowest BCUT2D eigenvalue weighted by Crippen LogP contribution is -2.40. The Morgan fingerprint density at radius 1 is 1.26 bits per heavy atom. The van der Waals surface area contributed by atoms with Gasteiger partial charge in [0.2, 0.25) is 17.8 Å². The number of pyridine rings is 1. The summed E-state index contributed by atoms with van der Waals surface area (Å²) in [5.41, 5.74) is 2.77. The third-order valence-corrected chi connectivity index (χ3v) is 6.19. The molecule has 3 aromatic heterocycles. The molecule has 9 nitrogen and oxygen atoms in total. The molecule has 0 aromatic carbocycles. The molecule has 2 aliphatic rings. The van der Waals surface area contributed by atoms with E-state index >= 15 is 0 Å². The van der Waals surface area contributed by atoms with Crippen LogP contribution in [0.3, 0.4) is 0 Å². The average molecular weight is 469 g/mol. The van der Waals surface area contributed by atoms with Gasteiger partial charge in [-0.15, -0.1) is 0 Å². The molecule has 0 saturated carbocycles. The maximum absolute atomic E-state index is 14.3. The first kappa shape index (κ1) is 22.2. The summed E-state index contributed by atoms with van der Waals surface area (Å²) in [6.07, 6.45) is 2.11. The first-order valence-corrected chi connectivity index (χ1v) is 11.4. The SMILES string of the molecule is CC(C)c1cc(Nc2nc(N3CCC[C@@H]3C(=O)Nc3ccc(F)nc3)nc3c2C[C@@H](F)C3)n[nH]1. The van der Waals surface area contributed by atoms with Crippen molar-refractivity contribution in [2.75, 3.05) is 22.1 Å². The van der Waals surface area contributed by atoms with Crippen molar-refractivity contribution in [3.63, 3.8) is 0 Å². The topological polar surface area (TPSA) is 112 Å². The number of amides is 1. The fraction of sp³-hybridized carbons (Fsp3) is 0.435. The van der Waals surface area contributed by atoms with Crippen LogP contribution in [0, 0.1) is 5.95 Å². The van der Waals surface area contributed by atoms with Gasteiger partial charge in [0.05, 0.1) is 17.6 Å². The Labute approximate surface area is 195 Å². The lowest BCUT2D eigenvalue weighted by Gasteiger charge is -2.25. The van der Waals surface area contributed by atoms with Crippen molar-refractivity contribution in [3.05, 3.63) is 47.3 Å². The summed E-state index contributed by atoms with van der Waals surface area (Å²) >= 11 is 0. The molecule has 11 heteroatoms. The van der Waals surface area contributed by atoms with Gasteiger partial charge in [0, 0.05) is 36.7 Å². The number of halogens is 2. The minimum atomic E-state index is -1.02. The van der Waals surface area contributed by atoms with Crippen LogP contribution >= 0.6 is 0 Å². The fourth-order valence-corrected chi connectivity index (χ4v) is 4.41. The summed E-state index contributed by atoms with van der Waals surface area (Å²) in [5.74, 6) is 0.903. The van der Waals surface area contributed by atoms with Gasteiger partial charge in [0.1, 0.15) is 18.0 Å². The van der Waals surface area contributed by atoms with Crippen LogP contribution in [0.25, 0.3) is 0 Å². The van der Waals surface area contributed by atoms with E-state index in [1.54, 1.807) is 0 Å². The lowest BCUT2D eigenvalue weighted by atomic mass is 10.1. The average Bonchev–Trinajstić information content (AvgIpc) is 3.54. The summed E-state index contributed by atoms with van der Waals surface area (Å²) in [5, 5.41) is 13.3. The molecular formula is C23H26F2N8O.